The molecule has 1 unspecified atom stereocenters. The normalized spacial score (nSPS) is 16.2. The first-order valence-electron chi connectivity index (χ1n) is 10.1. The van der Waals surface area contributed by atoms with E-state index in [9.17, 15) is 14.4 Å². The van der Waals surface area contributed by atoms with Gasteiger partial charge in [-0.2, -0.15) is 0 Å². The third kappa shape index (κ3) is 5.44. The largest absolute Gasteiger partial charge is 0.356 e. The topological polar surface area (TPSA) is 78.5 Å². The van der Waals surface area contributed by atoms with Crippen LogP contribution in [0.25, 0.3) is 0 Å². The lowest BCUT2D eigenvalue weighted by Crippen LogP contribution is -2.45. The van der Waals surface area contributed by atoms with E-state index in [0.29, 0.717) is 36.4 Å². The number of hydrogen-bond donors (Lipinski definition) is 2. The summed E-state index contributed by atoms with van der Waals surface area (Å²) >= 11 is 0. The highest BCUT2D eigenvalue weighted by atomic mass is 16.2. The summed E-state index contributed by atoms with van der Waals surface area (Å²) in [6.07, 6.45) is 2.53. The van der Waals surface area contributed by atoms with Crippen LogP contribution in [0.3, 0.4) is 0 Å². The molecule has 6 heteroatoms. The minimum Gasteiger partial charge on any atom is -0.356 e. The Morgan fingerprint density at radius 1 is 1.00 bits per heavy atom. The maximum Gasteiger partial charge on any atom is 0.255 e. The quantitative estimate of drug-likeness (QED) is 0.790. The van der Waals surface area contributed by atoms with Crippen molar-refractivity contribution in [3.05, 3.63) is 65.7 Å². The molecule has 1 saturated heterocycles. The van der Waals surface area contributed by atoms with Gasteiger partial charge in [-0.3, -0.25) is 14.4 Å². The van der Waals surface area contributed by atoms with Crippen LogP contribution in [0.15, 0.2) is 54.6 Å². The molecule has 3 amide bonds. The van der Waals surface area contributed by atoms with Gasteiger partial charge < -0.3 is 15.5 Å². The fourth-order valence-electron chi connectivity index (χ4n) is 3.44. The number of likely N-dealkylation sites (tertiary alicyclic amines) is 1. The van der Waals surface area contributed by atoms with E-state index in [-0.39, 0.29) is 23.6 Å². The highest BCUT2D eigenvalue weighted by Gasteiger charge is 2.28. The summed E-state index contributed by atoms with van der Waals surface area (Å²) in [5.41, 5.74) is 1.76. The Morgan fingerprint density at radius 2 is 1.72 bits per heavy atom. The Labute approximate surface area is 171 Å². The van der Waals surface area contributed by atoms with Crippen LogP contribution < -0.4 is 10.6 Å². The van der Waals surface area contributed by atoms with Gasteiger partial charge in [0.25, 0.3) is 11.8 Å². The van der Waals surface area contributed by atoms with Crippen molar-refractivity contribution in [2.45, 2.75) is 26.2 Å². The molecule has 0 radical (unpaired) electrons. The van der Waals surface area contributed by atoms with Crippen LogP contribution in [0.4, 0.5) is 5.69 Å². The molecule has 1 aliphatic rings. The van der Waals surface area contributed by atoms with Crippen LogP contribution in [0, 0.1) is 5.92 Å². The van der Waals surface area contributed by atoms with Crippen molar-refractivity contribution in [1.82, 2.24) is 10.2 Å². The molecular formula is C23H27N3O3. The van der Waals surface area contributed by atoms with Gasteiger partial charge in [-0.05, 0) is 55.7 Å². The molecule has 1 atom stereocenters. The summed E-state index contributed by atoms with van der Waals surface area (Å²) in [4.78, 5) is 39.1. The van der Waals surface area contributed by atoms with Crippen LogP contribution >= 0.6 is 0 Å². The number of carbonyl (C=O) groups is 3. The Hall–Kier alpha value is -3.15. The minimum absolute atomic E-state index is 0.0309. The van der Waals surface area contributed by atoms with Crippen LogP contribution in [0.5, 0.6) is 0 Å². The number of hydrogen-bond acceptors (Lipinski definition) is 3. The maximum atomic E-state index is 12.8. The van der Waals surface area contributed by atoms with Crippen molar-refractivity contribution in [3.8, 4) is 0 Å². The van der Waals surface area contributed by atoms with E-state index in [1.54, 1.807) is 41.3 Å². The lowest BCUT2D eigenvalue weighted by molar-refractivity contribution is -0.126. The Kier molecular flexibility index (Phi) is 7.00. The molecule has 1 aliphatic heterocycles. The summed E-state index contributed by atoms with van der Waals surface area (Å²) in [6, 6.07) is 15.8. The van der Waals surface area contributed by atoms with Crippen LogP contribution in [-0.2, 0) is 4.79 Å². The monoisotopic (exact) mass is 393 g/mol. The predicted molar refractivity (Wildman–Crippen MR) is 113 cm³/mol. The van der Waals surface area contributed by atoms with Gasteiger partial charge in [-0.1, -0.05) is 25.1 Å². The molecule has 3 rings (SSSR count). The summed E-state index contributed by atoms with van der Waals surface area (Å²) in [5.74, 6) is -0.396. The van der Waals surface area contributed by atoms with Crippen molar-refractivity contribution in [2.75, 3.05) is 25.0 Å². The third-order valence-electron chi connectivity index (χ3n) is 5.05. The molecule has 0 saturated carbocycles. The van der Waals surface area contributed by atoms with E-state index >= 15 is 0 Å². The molecule has 6 nitrogen and oxygen atoms in total. The van der Waals surface area contributed by atoms with Crippen molar-refractivity contribution >= 4 is 23.4 Å². The molecule has 0 aromatic heterocycles. The van der Waals surface area contributed by atoms with E-state index in [1.807, 2.05) is 25.1 Å². The van der Waals surface area contributed by atoms with E-state index in [1.165, 1.54) is 0 Å². The van der Waals surface area contributed by atoms with Crippen molar-refractivity contribution < 1.29 is 14.4 Å². The summed E-state index contributed by atoms with van der Waals surface area (Å²) < 4.78 is 0. The Balaban J connectivity index is 1.59. The second kappa shape index (κ2) is 9.87. The minimum atomic E-state index is -0.193. The molecule has 0 spiro atoms. The Bertz CT molecular complexity index is 849. The molecule has 1 heterocycles. The van der Waals surface area contributed by atoms with E-state index in [4.69, 9.17) is 0 Å². The fourth-order valence-corrected chi connectivity index (χ4v) is 3.44. The second-order valence-corrected chi connectivity index (χ2v) is 7.28. The first-order valence-corrected chi connectivity index (χ1v) is 10.1. The zero-order chi connectivity index (χ0) is 20.6. The Morgan fingerprint density at radius 3 is 2.41 bits per heavy atom. The van der Waals surface area contributed by atoms with Gasteiger partial charge in [0.1, 0.15) is 0 Å². The molecule has 0 bridgehead atoms. The number of rotatable bonds is 6. The molecule has 2 aromatic rings. The first kappa shape index (κ1) is 20.6. The smallest absolute Gasteiger partial charge is 0.255 e. The molecule has 152 valence electrons. The average Bonchev–Trinajstić information content (AvgIpc) is 2.78. The van der Waals surface area contributed by atoms with Crippen LogP contribution in [0.2, 0.25) is 0 Å². The number of benzene rings is 2. The second-order valence-electron chi connectivity index (χ2n) is 7.28. The zero-order valence-electron chi connectivity index (χ0n) is 16.7. The molecule has 2 aromatic carbocycles. The number of nitrogens with one attached hydrogen (secondary N) is 2. The van der Waals surface area contributed by atoms with Gasteiger partial charge in [0, 0.05) is 36.4 Å². The van der Waals surface area contributed by atoms with Crippen LogP contribution in [0.1, 0.15) is 46.9 Å². The van der Waals surface area contributed by atoms with Crippen molar-refractivity contribution in [1.29, 1.82) is 0 Å². The zero-order valence-corrected chi connectivity index (χ0v) is 16.7. The number of carbonyl (C=O) groups excluding carboxylic acids is 3. The third-order valence-corrected chi connectivity index (χ3v) is 5.05. The van der Waals surface area contributed by atoms with Crippen LogP contribution in [-0.4, -0.2) is 42.3 Å². The maximum absolute atomic E-state index is 12.8. The van der Waals surface area contributed by atoms with E-state index < -0.39 is 0 Å². The summed E-state index contributed by atoms with van der Waals surface area (Å²) in [5, 5.41) is 5.75. The number of nitrogens with zero attached hydrogens (tertiary/aromatic N) is 1. The van der Waals surface area contributed by atoms with Gasteiger partial charge >= 0.3 is 0 Å². The van der Waals surface area contributed by atoms with Gasteiger partial charge in [-0.25, -0.2) is 0 Å². The van der Waals surface area contributed by atoms with E-state index in [0.717, 1.165) is 19.3 Å². The van der Waals surface area contributed by atoms with Gasteiger partial charge in [0.05, 0.1) is 5.92 Å². The molecule has 2 N–H and O–H groups in total. The SMILES string of the molecule is CCCNC(=O)C1CCCN(C(=O)c2ccc(NC(=O)c3ccccc3)cc2)C1. The van der Waals surface area contributed by atoms with Gasteiger partial charge in [0.2, 0.25) is 5.91 Å². The highest BCUT2D eigenvalue weighted by Crippen LogP contribution is 2.20. The van der Waals surface area contributed by atoms with Crippen molar-refractivity contribution in [3.63, 3.8) is 0 Å². The predicted octanol–water partition coefficient (Wildman–Crippen LogP) is 3.32. The molecular weight excluding hydrogens is 366 g/mol. The average molecular weight is 393 g/mol. The van der Waals surface area contributed by atoms with Gasteiger partial charge in [0.15, 0.2) is 0 Å². The number of piperidine rings is 1. The first-order chi connectivity index (χ1) is 14.1. The highest BCUT2D eigenvalue weighted by molar-refractivity contribution is 6.04. The van der Waals surface area contributed by atoms with E-state index in [2.05, 4.69) is 10.6 Å². The standard InChI is InChI=1S/C23H27N3O3/c1-2-14-24-21(27)19-9-6-15-26(16-19)23(29)18-10-12-20(13-11-18)25-22(28)17-7-4-3-5-8-17/h3-5,7-8,10-13,19H,2,6,9,14-16H2,1H3,(H,24,27)(H,25,28). The fraction of sp³-hybridized carbons (Fsp3) is 0.348. The molecule has 0 aliphatic carbocycles. The number of anilines is 1. The molecule has 1 fully saturated rings. The lowest BCUT2D eigenvalue weighted by atomic mass is 9.96. The molecule has 29 heavy (non-hydrogen) atoms. The lowest BCUT2D eigenvalue weighted by Gasteiger charge is -2.32. The number of amides is 3. The summed E-state index contributed by atoms with van der Waals surface area (Å²) in [7, 11) is 0. The van der Waals surface area contributed by atoms with Crippen molar-refractivity contribution in [2.24, 2.45) is 5.92 Å². The van der Waals surface area contributed by atoms with Gasteiger partial charge in [-0.15, -0.1) is 0 Å². The summed E-state index contributed by atoms with van der Waals surface area (Å²) in [6.45, 7) is 3.78.